The van der Waals surface area contributed by atoms with Crippen LogP contribution in [0.4, 0.5) is 8.78 Å². The van der Waals surface area contributed by atoms with Crippen molar-refractivity contribution in [2.45, 2.75) is 38.8 Å². The number of hydrogen-bond donors (Lipinski definition) is 3. The summed E-state index contributed by atoms with van der Waals surface area (Å²) in [5.74, 6) is -1.84. The molecule has 8 heteroatoms. The lowest BCUT2D eigenvalue weighted by molar-refractivity contribution is -0.123. The van der Waals surface area contributed by atoms with Crippen LogP contribution in [0.2, 0.25) is 0 Å². The SMILES string of the molecule is CC(=O)NC(CC(=O)NC1CCNCC1C)c1ccc(F)cc1F.Cl. The van der Waals surface area contributed by atoms with Crippen molar-refractivity contribution in [3.05, 3.63) is 35.4 Å². The molecular formula is C17H24ClF2N3O2. The molecule has 5 nitrogen and oxygen atoms in total. The minimum Gasteiger partial charge on any atom is -0.353 e. The van der Waals surface area contributed by atoms with E-state index in [1.54, 1.807) is 0 Å². The van der Waals surface area contributed by atoms with Gasteiger partial charge in [-0.25, -0.2) is 8.78 Å². The monoisotopic (exact) mass is 375 g/mol. The van der Waals surface area contributed by atoms with Gasteiger partial charge in [0, 0.05) is 24.6 Å². The third-order valence-electron chi connectivity index (χ3n) is 4.24. The van der Waals surface area contributed by atoms with Crippen LogP contribution in [0.1, 0.15) is 38.3 Å². The Morgan fingerprint density at radius 3 is 2.68 bits per heavy atom. The van der Waals surface area contributed by atoms with E-state index in [1.807, 2.05) is 6.92 Å². The number of amides is 2. The number of hydrogen-bond acceptors (Lipinski definition) is 3. The molecule has 3 unspecified atom stereocenters. The molecule has 1 aromatic rings. The number of carbonyl (C=O) groups excluding carboxylic acids is 2. The Balaban J connectivity index is 0.00000312. The highest BCUT2D eigenvalue weighted by atomic mass is 35.5. The van der Waals surface area contributed by atoms with E-state index in [9.17, 15) is 18.4 Å². The number of nitrogens with one attached hydrogen (secondary N) is 3. The number of halogens is 3. The van der Waals surface area contributed by atoms with Crippen molar-refractivity contribution in [1.29, 1.82) is 0 Å². The highest BCUT2D eigenvalue weighted by molar-refractivity contribution is 5.85. The van der Waals surface area contributed by atoms with Crippen LogP contribution in [0.25, 0.3) is 0 Å². The number of carbonyl (C=O) groups is 2. The molecule has 0 saturated carbocycles. The Hall–Kier alpha value is -1.73. The van der Waals surface area contributed by atoms with Gasteiger partial charge in [0.1, 0.15) is 11.6 Å². The van der Waals surface area contributed by atoms with Crippen LogP contribution in [0.15, 0.2) is 18.2 Å². The predicted molar refractivity (Wildman–Crippen MR) is 93.4 cm³/mol. The standard InChI is InChI=1S/C17H23F2N3O2.ClH/c1-10-9-20-6-5-15(10)22-17(24)8-16(21-11(2)23)13-4-3-12(18)7-14(13)19;/h3-4,7,10,15-16,20H,5-6,8-9H2,1-2H3,(H,21,23)(H,22,24);1H. The van der Waals surface area contributed by atoms with E-state index in [2.05, 4.69) is 16.0 Å². The van der Waals surface area contributed by atoms with Gasteiger partial charge in [-0.3, -0.25) is 9.59 Å². The van der Waals surface area contributed by atoms with Crippen LogP contribution < -0.4 is 16.0 Å². The van der Waals surface area contributed by atoms with Crippen LogP contribution in [0, 0.1) is 17.6 Å². The molecule has 0 spiro atoms. The predicted octanol–water partition coefficient (Wildman–Crippen LogP) is 2.07. The molecule has 0 aromatic heterocycles. The molecule has 2 amide bonds. The van der Waals surface area contributed by atoms with Crippen LogP contribution in [0.3, 0.4) is 0 Å². The highest BCUT2D eigenvalue weighted by Gasteiger charge is 2.25. The molecule has 140 valence electrons. The van der Waals surface area contributed by atoms with Gasteiger partial charge >= 0.3 is 0 Å². The molecule has 3 N–H and O–H groups in total. The van der Waals surface area contributed by atoms with E-state index in [1.165, 1.54) is 13.0 Å². The summed E-state index contributed by atoms with van der Waals surface area (Å²) in [6.07, 6.45) is 0.724. The Bertz CT molecular complexity index is 616. The first-order valence-electron chi connectivity index (χ1n) is 8.09. The van der Waals surface area contributed by atoms with Crippen LogP contribution >= 0.6 is 12.4 Å². The van der Waals surface area contributed by atoms with E-state index in [-0.39, 0.29) is 42.2 Å². The Kier molecular flexibility index (Phi) is 8.25. The van der Waals surface area contributed by atoms with Crippen LogP contribution in [-0.4, -0.2) is 30.9 Å². The van der Waals surface area contributed by atoms with Crippen LogP contribution in [0.5, 0.6) is 0 Å². The summed E-state index contributed by atoms with van der Waals surface area (Å²) in [6.45, 7) is 4.99. The van der Waals surface area contributed by atoms with Gasteiger partial charge in [0.2, 0.25) is 11.8 Å². The molecule has 0 radical (unpaired) electrons. The Labute approximate surface area is 152 Å². The summed E-state index contributed by atoms with van der Waals surface area (Å²) in [7, 11) is 0. The molecule has 1 saturated heterocycles. The molecule has 3 atom stereocenters. The van der Waals surface area contributed by atoms with Gasteiger partial charge in [0.15, 0.2) is 0 Å². The quantitative estimate of drug-likeness (QED) is 0.738. The normalized spacial score (nSPS) is 21.0. The Morgan fingerprint density at radius 2 is 2.08 bits per heavy atom. The van der Waals surface area contributed by atoms with Crippen molar-refractivity contribution in [3.63, 3.8) is 0 Å². The van der Waals surface area contributed by atoms with Gasteiger partial charge in [-0.2, -0.15) is 0 Å². The second-order valence-corrected chi connectivity index (χ2v) is 6.27. The fourth-order valence-corrected chi connectivity index (χ4v) is 2.95. The zero-order valence-electron chi connectivity index (χ0n) is 14.3. The molecule has 0 bridgehead atoms. The molecule has 1 heterocycles. The summed E-state index contributed by atoms with van der Waals surface area (Å²) < 4.78 is 27.1. The molecule has 0 aliphatic carbocycles. The maximum absolute atomic E-state index is 14.0. The topological polar surface area (TPSA) is 70.2 Å². The van der Waals surface area contributed by atoms with Crippen LogP contribution in [-0.2, 0) is 9.59 Å². The lowest BCUT2D eigenvalue weighted by atomic mass is 9.94. The van der Waals surface area contributed by atoms with Gasteiger partial charge in [0.05, 0.1) is 12.5 Å². The largest absolute Gasteiger partial charge is 0.353 e. The van der Waals surface area contributed by atoms with Gasteiger partial charge in [-0.05, 0) is 31.5 Å². The lowest BCUT2D eigenvalue weighted by Crippen LogP contribution is -2.49. The molecule has 1 fully saturated rings. The average molecular weight is 376 g/mol. The number of benzene rings is 1. The van der Waals surface area contributed by atoms with E-state index in [4.69, 9.17) is 0 Å². The second kappa shape index (κ2) is 9.68. The summed E-state index contributed by atoms with van der Waals surface area (Å²) in [6, 6.07) is 2.33. The third-order valence-corrected chi connectivity index (χ3v) is 4.24. The third kappa shape index (κ3) is 6.25. The minimum absolute atomic E-state index is 0. The van der Waals surface area contributed by atoms with Crippen molar-refractivity contribution in [2.24, 2.45) is 5.92 Å². The summed E-state index contributed by atoms with van der Waals surface area (Å²) >= 11 is 0. The van der Waals surface area contributed by atoms with Crippen molar-refractivity contribution >= 4 is 24.2 Å². The smallest absolute Gasteiger partial charge is 0.222 e. The molecule has 1 aliphatic heterocycles. The first-order chi connectivity index (χ1) is 11.4. The molecule has 25 heavy (non-hydrogen) atoms. The first kappa shape index (κ1) is 21.3. The van der Waals surface area contributed by atoms with E-state index in [0.717, 1.165) is 31.6 Å². The van der Waals surface area contributed by atoms with Gasteiger partial charge in [0.25, 0.3) is 0 Å². The zero-order chi connectivity index (χ0) is 17.7. The lowest BCUT2D eigenvalue weighted by Gasteiger charge is -2.30. The summed E-state index contributed by atoms with van der Waals surface area (Å²) in [4.78, 5) is 23.7. The van der Waals surface area contributed by atoms with Gasteiger partial charge in [-0.15, -0.1) is 12.4 Å². The summed E-state index contributed by atoms with van der Waals surface area (Å²) in [5, 5.41) is 8.76. The van der Waals surface area contributed by atoms with Crippen molar-refractivity contribution in [1.82, 2.24) is 16.0 Å². The minimum atomic E-state index is -0.833. The number of rotatable bonds is 5. The van der Waals surface area contributed by atoms with Gasteiger partial charge in [-0.1, -0.05) is 13.0 Å². The molecule has 2 rings (SSSR count). The average Bonchev–Trinajstić information content (AvgIpc) is 2.48. The van der Waals surface area contributed by atoms with Crippen molar-refractivity contribution in [2.75, 3.05) is 13.1 Å². The highest BCUT2D eigenvalue weighted by Crippen LogP contribution is 2.22. The first-order valence-corrected chi connectivity index (χ1v) is 8.09. The molecule has 1 aromatic carbocycles. The van der Waals surface area contributed by atoms with E-state index < -0.39 is 17.7 Å². The number of piperidine rings is 1. The molecule has 1 aliphatic rings. The van der Waals surface area contributed by atoms with E-state index >= 15 is 0 Å². The molecular weight excluding hydrogens is 352 g/mol. The zero-order valence-corrected chi connectivity index (χ0v) is 15.1. The fraction of sp³-hybridized carbons (Fsp3) is 0.529. The second-order valence-electron chi connectivity index (χ2n) is 6.27. The maximum Gasteiger partial charge on any atom is 0.222 e. The van der Waals surface area contributed by atoms with Crippen molar-refractivity contribution in [3.8, 4) is 0 Å². The van der Waals surface area contributed by atoms with E-state index in [0.29, 0.717) is 5.92 Å². The Morgan fingerprint density at radius 1 is 1.36 bits per heavy atom. The van der Waals surface area contributed by atoms with Crippen molar-refractivity contribution < 1.29 is 18.4 Å². The van der Waals surface area contributed by atoms with Gasteiger partial charge < -0.3 is 16.0 Å². The summed E-state index contributed by atoms with van der Waals surface area (Å²) in [5.41, 5.74) is 0.0973. The fourth-order valence-electron chi connectivity index (χ4n) is 2.95. The maximum atomic E-state index is 14.0.